The first kappa shape index (κ1) is 12.4. The summed E-state index contributed by atoms with van der Waals surface area (Å²) >= 11 is 0. The van der Waals surface area contributed by atoms with E-state index in [1.54, 1.807) is 6.92 Å². The normalized spacial score (nSPS) is 11.1. The van der Waals surface area contributed by atoms with Crippen molar-refractivity contribution in [2.45, 2.75) is 11.8 Å². The van der Waals surface area contributed by atoms with Crippen LogP contribution in [0.3, 0.4) is 0 Å². The number of sulfone groups is 1. The average molecular weight is 244 g/mol. The predicted octanol–water partition coefficient (Wildman–Crippen LogP) is 1.43. The highest BCUT2D eigenvalue weighted by molar-refractivity contribution is 7.90. The van der Waals surface area contributed by atoms with Crippen molar-refractivity contribution in [2.75, 3.05) is 18.1 Å². The number of hydrogen-bond acceptors (Lipinski definition) is 5. The van der Waals surface area contributed by atoms with Crippen molar-refractivity contribution in [1.82, 2.24) is 0 Å². The quantitative estimate of drug-likeness (QED) is 0.639. The van der Waals surface area contributed by atoms with Gasteiger partial charge < -0.3 is 5.32 Å². The smallest absolute Gasteiger partial charge is 0.293 e. The minimum Gasteiger partial charge on any atom is -0.380 e. The van der Waals surface area contributed by atoms with Gasteiger partial charge in [-0.15, -0.1) is 0 Å². The van der Waals surface area contributed by atoms with Gasteiger partial charge in [-0.2, -0.15) is 0 Å². The lowest BCUT2D eigenvalue weighted by molar-refractivity contribution is -0.384. The molecule has 0 radical (unpaired) electrons. The van der Waals surface area contributed by atoms with Gasteiger partial charge in [0.25, 0.3) is 5.69 Å². The molecule has 0 atom stereocenters. The van der Waals surface area contributed by atoms with Gasteiger partial charge in [-0.3, -0.25) is 10.1 Å². The standard InChI is InChI=1S/C9H12N2O4S/c1-3-10-8-5-4-7(16(2,14)15)6-9(8)11(12)13/h4-6,10H,3H2,1-2H3. The van der Waals surface area contributed by atoms with Crippen molar-refractivity contribution in [3.63, 3.8) is 0 Å². The lowest BCUT2D eigenvalue weighted by atomic mass is 10.2. The number of anilines is 1. The number of hydrogen-bond donors (Lipinski definition) is 1. The minimum atomic E-state index is -3.42. The zero-order valence-corrected chi connectivity index (χ0v) is 9.74. The Labute approximate surface area is 93.4 Å². The minimum absolute atomic E-state index is 0.0548. The van der Waals surface area contributed by atoms with Crippen LogP contribution in [0.1, 0.15) is 6.92 Å². The molecule has 0 aromatic heterocycles. The first-order valence-corrected chi connectivity index (χ1v) is 6.47. The summed E-state index contributed by atoms with van der Waals surface area (Å²) in [4.78, 5) is 10.1. The first-order valence-electron chi connectivity index (χ1n) is 4.58. The number of nitrogens with one attached hydrogen (secondary N) is 1. The Hall–Kier alpha value is -1.63. The molecule has 88 valence electrons. The van der Waals surface area contributed by atoms with Gasteiger partial charge in [0.15, 0.2) is 9.84 Å². The second kappa shape index (κ2) is 4.48. The van der Waals surface area contributed by atoms with Gasteiger partial charge in [0.2, 0.25) is 0 Å². The van der Waals surface area contributed by atoms with Crippen LogP contribution in [0.2, 0.25) is 0 Å². The lowest BCUT2D eigenvalue weighted by Crippen LogP contribution is -2.04. The molecule has 1 aromatic carbocycles. The molecule has 16 heavy (non-hydrogen) atoms. The summed E-state index contributed by atoms with van der Waals surface area (Å²) in [6, 6.07) is 3.81. The molecule has 0 aliphatic carbocycles. The van der Waals surface area contributed by atoms with Gasteiger partial charge >= 0.3 is 0 Å². The summed E-state index contributed by atoms with van der Waals surface area (Å²) in [6.07, 6.45) is 1.01. The number of nitro groups is 1. The van der Waals surface area contributed by atoms with Crippen molar-refractivity contribution in [3.05, 3.63) is 28.3 Å². The third-order valence-corrected chi connectivity index (χ3v) is 3.07. The molecule has 1 rings (SSSR count). The maximum Gasteiger partial charge on any atom is 0.293 e. The highest BCUT2D eigenvalue weighted by atomic mass is 32.2. The lowest BCUT2D eigenvalue weighted by Gasteiger charge is -2.05. The van der Waals surface area contributed by atoms with Crippen LogP contribution in [0.5, 0.6) is 0 Å². The second-order valence-electron chi connectivity index (χ2n) is 3.24. The van der Waals surface area contributed by atoms with Gasteiger partial charge in [0.1, 0.15) is 5.69 Å². The van der Waals surface area contributed by atoms with E-state index < -0.39 is 14.8 Å². The van der Waals surface area contributed by atoms with Gasteiger partial charge in [-0.25, -0.2) is 8.42 Å². The van der Waals surface area contributed by atoms with Crippen LogP contribution in [0.25, 0.3) is 0 Å². The summed E-state index contributed by atoms with van der Waals surface area (Å²) in [7, 11) is -3.42. The van der Waals surface area contributed by atoms with Crippen LogP contribution < -0.4 is 5.32 Å². The summed E-state index contributed by atoms with van der Waals surface area (Å²) in [5, 5.41) is 13.5. The largest absolute Gasteiger partial charge is 0.380 e. The molecule has 0 bridgehead atoms. The van der Waals surface area contributed by atoms with Crippen LogP contribution in [0.4, 0.5) is 11.4 Å². The van der Waals surface area contributed by atoms with E-state index in [1.165, 1.54) is 12.1 Å². The Balaban J connectivity index is 3.34. The third-order valence-electron chi connectivity index (χ3n) is 1.96. The van der Waals surface area contributed by atoms with Crippen LogP contribution in [-0.2, 0) is 9.84 Å². The molecule has 0 unspecified atom stereocenters. The van der Waals surface area contributed by atoms with E-state index in [0.29, 0.717) is 12.2 Å². The summed E-state index contributed by atoms with van der Waals surface area (Å²) in [5.74, 6) is 0. The SMILES string of the molecule is CCNc1ccc(S(C)(=O)=O)cc1[N+](=O)[O-]. The van der Waals surface area contributed by atoms with Crippen LogP contribution in [0, 0.1) is 10.1 Å². The molecule has 6 nitrogen and oxygen atoms in total. The Kier molecular flexibility index (Phi) is 3.48. The highest BCUT2D eigenvalue weighted by Crippen LogP contribution is 2.27. The fraction of sp³-hybridized carbons (Fsp3) is 0.333. The van der Waals surface area contributed by atoms with Gasteiger partial charge in [0, 0.05) is 18.9 Å². The fourth-order valence-corrected chi connectivity index (χ4v) is 1.87. The van der Waals surface area contributed by atoms with Crippen molar-refractivity contribution in [2.24, 2.45) is 0 Å². The summed E-state index contributed by atoms with van der Waals surface area (Å²) in [6.45, 7) is 2.33. The fourth-order valence-electron chi connectivity index (χ4n) is 1.23. The Bertz CT molecular complexity index is 510. The Morgan fingerprint density at radius 3 is 2.50 bits per heavy atom. The highest BCUT2D eigenvalue weighted by Gasteiger charge is 2.17. The molecule has 0 amide bonds. The molecule has 1 aromatic rings. The van der Waals surface area contributed by atoms with Crippen molar-refractivity contribution < 1.29 is 13.3 Å². The molecule has 0 saturated heterocycles. The monoisotopic (exact) mass is 244 g/mol. The Morgan fingerprint density at radius 1 is 1.44 bits per heavy atom. The zero-order valence-electron chi connectivity index (χ0n) is 8.93. The predicted molar refractivity (Wildman–Crippen MR) is 60.4 cm³/mol. The molecule has 7 heteroatoms. The van der Waals surface area contributed by atoms with Gasteiger partial charge in [0.05, 0.1) is 9.82 Å². The van der Waals surface area contributed by atoms with Crippen LogP contribution in [-0.4, -0.2) is 26.1 Å². The first-order chi connectivity index (χ1) is 7.36. The molecule has 0 saturated carbocycles. The van der Waals surface area contributed by atoms with Crippen molar-refractivity contribution >= 4 is 21.2 Å². The average Bonchev–Trinajstić information content (AvgIpc) is 2.16. The maximum absolute atomic E-state index is 11.2. The number of nitro benzene ring substituents is 1. The number of benzene rings is 1. The van der Waals surface area contributed by atoms with Crippen LogP contribution in [0.15, 0.2) is 23.1 Å². The number of nitrogens with zero attached hydrogens (tertiary/aromatic N) is 1. The topological polar surface area (TPSA) is 89.3 Å². The van der Waals surface area contributed by atoms with Crippen molar-refractivity contribution in [1.29, 1.82) is 0 Å². The third kappa shape index (κ3) is 2.69. The summed E-state index contributed by atoms with van der Waals surface area (Å²) < 4.78 is 22.5. The van der Waals surface area contributed by atoms with E-state index >= 15 is 0 Å². The second-order valence-corrected chi connectivity index (χ2v) is 5.25. The molecule has 0 heterocycles. The van der Waals surface area contributed by atoms with Gasteiger partial charge in [-0.1, -0.05) is 0 Å². The molecule has 1 N–H and O–H groups in total. The zero-order chi connectivity index (χ0) is 12.3. The number of rotatable bonds is 4. The van der Waals surface area contributed by atoms with E-state index in [2.05, 4.69) is 5.32 Å². The van der Waals surface area contributed by atoms with E-state index in [-0.39, 0.29) is 10.6 Å². The van der Waals surface area contributed by atoms with E-state index in [4.69, 9.17) is 0 Å². The molecule has 0 aliphatic heterocycles. The van der Waals surface area contributed by atoms with Crippen molar-refractivity contribution in [3.8, 4) is 0 Å². The Morgan fingerprint density at radius 2 is 2.06 bits per heavy atom. The van der Waals surface area contributed by atoms with Gasteiger partial charge in [-0.05, 0) is 19.1 Å². The van der Waals surface area contributed by atoms with Crippen LogP contribution >= 0.6 is 0 Å². The van der Waals surface area contributed by atoms with E-state index in [0.717, 1.165) is 12.3 Å². The molecule has 0 aliphatic rings. The summed E-state index contributed by atoms with van der Waals surface area (Å²) in [5.41, 5.74) is 0.0877. The van der Waals surface area contributed by atoms with E-state index in [1.807, 2.05) is 0 Å². The molecular formula is C9H12N2O4S. The molecular weight excluding hydrogens is 232 g/mol. The van der Waals surface area contributed by atoms with E-state index in [9.17, 15) is 18.5 Å². The maximum atomic E-state index is 11.2. The molecule has 0 spiro atoms. The molecule has 0 fully saturated rings.